The van der Waals surface area contributed by atoms with Gasteiger partial charge < -0.3 is 19.9 Å². The minimum Gasteiger partial charge on any atom is -0.491 e. The van der Waals surface area contributed by atoms with E-state index in [4.69, 9.17) is 14.6 Å². The molecule has 3 aromatic carbocycles. The maximum atomic E-state index is 12.7. The normalized spacial score (nSPS) is 13.1. The molecule has 1 aliphatic carbocycles. The van der Waals surface area contributed by atoms with Crippen LogP contribution >= 0.6 is 0 Å². The zero-order valence-corrected chi connectivity index (χ0v) is 20.1. The van der Waals surface area contributed by atoms with Crippen molar-refractivity contribution < 1.29 is 24.2 Å². The molecule has 182 valence electrons. The average molecular weight is 474 g/mol. The van der Waals surface area contributed by atoms with Gasteiger partial charge in [-0.15, -0.1) is 0 Å². The van der Waals surface area contributed by atoms with E-state index in [1.54, 1.807) is 0 Å². The molecule has 1 atom stereocenters. The van der Waals surface area contributed by atoms with Gasteiger partial charge >= 0.3 is 12.1 Å². The lowest BCUT2D eigenvalue weighted by Crippen LogP contribution is -2.37. The molecule has 3 aromatic rings. The number of amides is 1. The summed E-state index contributed by atoms with van der Waals surface area (Å²) in [5.74, 6) is -0.153. The van der Waals surface area contributed by atoms with Crippen LogP contribution in [0.5, 0.6) is 5.75 Å². The molecule has 1 aliphatic rings. The van der Waals surface area contributed by atoms with Crippen LogP contribution in [-0.2, 0) is 16.0 Å². The summed E-state index contributed by atoms with van der Waals surface area (Å²) < 4.78 is 11.3. The van der Waals surface area contributed by atoms with Crippen LogP contribution in [0.2, 0.25) is 0 Å². The lowest BCUT2D eigenvalue weighted by Gasteiger charge is -2.20. The number of aliphatic carboxylic acids is 1. The highest BCUT2D eigenvalue weighted by molar-refractivity contribution is 5.79. The predicted octanol–water partition coefficient (Wildman–Crippen LogP) is 5.79. The van der Waals surface area contributed by atoms with Gasteiger partial charge in [0.05, 0.1) is 6.10 Å². The van der Waals surface area contributed by atoms with E-state index in [2.05, 4.69) is 29.6 Å². The Kier molecular flexibility index (Phi) is 7.70. The van der Waals surface area contributed by atoms with Crippen LogP contribution < -0.4 is 10.1 Å². The summed E-state index contributed by atoms with van der Waals surface area (Å²) in [5, 5.41) is 12.0. The van der Waals surface area contributed by atoms with Crippen LogP contribution in [0, 0.1) is 0 Å². The van der Waals surface area contributed by atoms with Crippen LogP contribution in [0.25, 0.3) is 11.1 Å². The number of carbonyl (C=O) groups excluding carboxylic acids is 1. The highest BCUT2D eigenvalue weighted by Crippen LogP contribution is 2.44. The monoisotopic (exact) mass is 473 g/mol. The van der Waals surface area contributed by atoms with Crippen LogP contribution in [0.4, 0.5) is 4.79 Å². The van der Waals surface area contributed by atoms with Crippen molar-refractivity contribution in [3.63, 3.8) is 0 Å². The van der Waals surface area contributed by atoms with E-state index in [-0.39, 0.29) is 31.1 Å². The van der Waals surface area contributed by atoms with Gasteiger partial charge in [-0.1, -0.05) is 60.7 Å². The number of alkyl carbamates (subject to hydrolysis) is 1. The Morgan fingerprint density at radius 3 is 2.09 bits per heavy atom. The molecule has 2 N–H and O–H groups in total. The Bertz CT molecular complexity index is 1130. The number of ether oxygens (including phenoxy) is 2. The molecule has 4 rings (SSSR count). The Labute approximate surface area is 205 Å². The maximum absolute atomic E-state index is 12.7. The summed E-state index contributed by atoms with van der Waals surface area (Å²) in [6, 6.07) is 23.6. The van der Waals surface area contributed by atoms with Crippen molar-refractivity contribution in [2.45, 2.75) is 51.2 Å². The first-order chi connectivity index (χ1) is 16.9. The van der Waals surface area contributed by atoms with E-state index in [1.807, 2.05) is 62.4 Å². The van der Waals surface area contributed by atoms with Gasteiger partial charge in [0.15, 0.2) is 0 Å². The summed E-state index contributed by atoms with van der Waals surface area (Å²) >= 11 is 0. The molecule has 0 bridgehead atoms. The molecule has 1 unspecified atom stereocenters. The molecule has 6 nitrogen and oxygen atoms in total. The van der Waals surface area contributed by atoms with Gasteiger partial charge in [-0.05, 0) is 66.6 Å². The second-order valence-electron chi connectivity index (χ2n) is 9.11. The van der Waals surface area contributed by atoms with Crippen molar-refractivity contribution >= 4 is 12.1 Å². The number of nitrogens with one attached hydrogen (secondary N) is 1. The smallest absolute Gasteiger partial charge is 0.407 e. The first-order valence-electron chi connectivity index (χ1n) is 12.0. The Hall–Kier alpha value is -3.80. The Morgan fingerprint density at radius 1 is 0.914 bits per heavy atom. The van der Waals surface area contributed by atoms with E-state index in [9.17, 15) is 9.59 Å². The highest BCUT2D eigenvalue weighted by atomic mass is 16.5. The number of fused-ring (bicyclic) bond motifs is 3. The standard InChI is InChI=1S/C29H31NO5/c1-19(2)35-22-14-11-20(12-15-22)17-21(13-16-28(31)32)30-29(33)34-18-27-25-9-5-3-7-23(25)24-8-4-6-10-26(24)27/h3-12,14-15,19,21,27H,13,16-18H2,1-2H3,(H,30,33)(H,31,32). The molecule has 0 aliphatic heterocycles. The average Bonchev–Trinajstić information content (AvgIpc) is 3.16. The molecule has 0 saturated carbocycles. The molecular formula is C29H31NO5. The quantitative estimate of drug-likeness (QED) is 0.389. The molecule has 0 spiro atoms. The van der Waals surface area contributed by atoms with Crippen LogP contribution in [0.1, 0.15) is 49.3 Å². The first-order valence-corrected chi connectivity index (χ1v) is 12.0. The molecule has 0 heterocycles. The number of hydrogen-bond acceptors (Lipinski definition) is 4. The Morgan fingerprint density at radius 2 is 1.51 bits per heavy atom. The van der Waals surface area contributed by atoms with Crippen LogP contribution in [0.3, 0.4) is 0 Å². The van der Waals surface area contributed by atoms with Gasteiger partial charge in [0.1, 0.15) is 12.4 Å². The summed E-state index contributed by atoms with van der Waals surface area (Å²) in [6.45, 7) is 4.15. The largest absolute Gasteiger partial charge is 0.491 e. The van der Waals surface area contributed by atoms with Crippen LogP contribution in [0.15, 0.2) is 72.8 Å². The van der Waals surface area contributed by atoms with E-state index < -0.39 is 12.1 Å². The maximum Gasteiger partial charge on any atom is 0.407 e. The fourth-order valence-electron chi connectivity index (χ4n) is 4.59. The lowest BCUT2D eigenvalue weighted by atomic mass is 9.98. The third kappa shape index (κ3) is 6.21. The number of benzene rings is 3. The third-order valence-electron chi connectivity index (χ3n) is 6.15. The summed E-state index contributed by atoms with van der Waals surface area (Å²) in [6.07, 6.45) is 0.313. The van der Waals surface area contributed by atoms with Crippen molar-refractivity contribution in [1.82, 2.24) is 5.32 Å². The van der Waals surface area contributed by atoms with E-state index >= 15 is 0 Å². The molecule has 0 saturated heterocycles. The van der Waals surface area contributed by atoms with Crippen LogP contribution in [-0.4, -0.2) is 35.9 Å². The zero-order valence-electron chi connectivity index (χ0n) is 20.1. The number of rotatable bonds is 10. The van der Waals surface area contributed by atoms with Gasteiger partial charge in [0.2, 0.25) is 0 Å². The number of carbonyl (C=O) groups is 2. The van der Waals surface area contributed by atoms with E-state index in [1.165, 1.54) is 11.1 Å². The second kappa shape index (κ2) is 11.1. The molecule has 0 aromatic heterocycles. The summed E-state index contributed by atoms with van der Waals surface area (Å²) in [7, 11) is 0. The molecule has 6 heteroatoms. The zero-order chi connectivity index (χ0) is 24.8. The molecule has 1 amide bonds. The number of carboxylic acid groups (broad SMARTS) is 1. The van der Waals surface area contributed by atoms with Crippen molar-refractivity contribution in [2.75, 3.05) is 6.61 Å². The molecule has 0 fully saturated rings. The molecule has 0 radical (unpaired) electrons. The van der Waals surface area contributed by atoms with Gasteiger partial charge in [0, 0.05) is 18.4 Å². The Balaban J connectivity index is 1.39. The van der Waals surface area contributed by atoms with Gasteiger partial charge in [0.25, 0.3) is 0 Å². The SMILES string of the molecule is CC(C)Oc1ccc(CC(CCC(=O)O)NC(=O)OCC2c3ccccc3-c3ccccc32)cc1. The lowest BCUT2D eigenvalue weighted by molar-refractivity contribution is -0.137. The van der Waals surface area contributed by atoms with Gasteiger partial charge in [-0.2, -0.15) is 0 Å². The van der Waals surface area contributed by atoms with Crippen molar-refractivity contribution in [3.05, 3.63) is 89.5 Å². The first kappa shape index (κ1) is 24.3. The van der Waals surface area contributed by atoms with E-state index in [0.29, 0.717) is 12.8 Å². The minimum absolute atomic E-state index is 0.0286. The van der Waals surface area contributed by atoms with E-state index in [0.717, 1.165) is 22.4 Å². The molecular weight excluding hydrogens is 442 g/mol. The highest BCUT2D eigenvalue weighted by Gasteiger charge is 2.29. The summed E-state index contributed by atoms with van der Waals surface area (Å²) in [5.41, 5.74) is 5.61. The minimum atomic E-state index is -0.898. The summed E-state index contributed by atoms with van der Waals surface area (Å²) in [4.78, 5) is 23.9. The van der Waals surface area contributed by atoms with Crippen molar-refractivity contribution in [2.24, 2.45) is 0 Å². The van der Waals surface area contributed by atoms with Crippen molar-refractivity contribution in [1.29, 1.82) is 0 Å². The number of carboxylic acids is 1. The third-order valence-corrected chi connectivity index (χ3v) is 6.15. The fourth-order valence-corrected chi connectivity index (χ4v) is 4.59. The fraction of sp³-hybridized carbons (Fsp3) is 0.310. The molecule has 35 heavy (non-hydrogen) atoms. The van der Waals surface area contributed by atoms with Gasteiger partial charge in [-0.25, -0.2) is 4.79 Å². The topological polar surface area (TPSA) is 84.9 Å². The number of hydrogen-bond donors (Lipinski definition) is 2. The predicted molar refractivity (Wildman–Crippen MR) is 135 cm³/mol. The van der Waals surface area contributed by atoms with Gasteiger partial charge in [-0.3, -0.25) is 4.79 Å². The van der Waals surface area contributed by atoms with Crippen molar-refractivity contribution in [3.8, 4) is 16.9 Å². The second-order valence-corrected chi connectivity index (χ2v) is 9.11.